The maximum atomic E-state index is 11.7. The average molecular weight is 289 g/mol. The number of halogens is 1. The Hall–Kier alpha value is -0.650. The Labute approximate surface area is 116 Å². The predicted molar refractivity (Wildman–Crippen MR) is 71.9 cm³/mol. The van der Waals surface area contributed by atoms with Crippen LogP contribution in [0.1, 0.15) is 37.2 Å². The van der Waals surface area contributed by atoms with E-state index in [2.05, 4.69) is 9.88 Å². The fourth-order valence-corrected chi connectivity index (χ4v) is 3.29. The normalized spacial score (nSPS) is 17.9. The van der Waals surface area contributed by atoms with E-state index in [0.29, 0.717) is 17.4 Å². The summed E-state index contributed by atoms with van der Waals surface area (Å²) in [5.41, 5.74) is 0. The summed E-state index contributed by atoms with van der Waals surface area (Å²) in [6.07, 6.45) is 4.37. The smallest absolute Gasteiger partial charge is 0.307 e. The van der Waals surface area contributed by atoms with E-state index in [1.807, 2.05) is 6.92 Å². The van der Waals surface area contributed by atoms with Crippen LogP contribution in [0.2, 0.25) is 4.34 Å². The summed E-state index contributed by atoms with van der Waals surface area (Å²) in [6.45, 7) is 4.27. The number of rotatable bonds is 5. The van der Waals surface area contributed by atoms with Gasteiger partial charge in [0, 0.05) is 0 Å². The van der Waals surface area contributed by atoms with Crippen molar-refractivity contribution in [1.29, 1.82) is 0 Å². The van der Waals surface area contributed by atoms with Gasteiger partial charge in [-0.25, -0.2) is 4.98 Å². The highest BCUT2D eigenvalue weighted by Crippen LogP contribution is 2.32. The van der Waals surface area contributed by atoms with Crippen LogP contribution in [0, 0.1) is 0 Å². The van der Waals surface area contributed by atoms with Crippen LogP contribution in [0.25, 0.3) is 0 Å². The number of ether oxygens (including phenoxy) is 1. The molecule has 1 atom stereocenters. The zero-order chi connectivity index (χ0) is 13.0. The first-order chi connectivity index (χ1) is 8.70. The lowest BCUT2D eigenvalue weighted by molar-refractivity contribution is -0.144. The van der Waals surface area contributed by atoms with Gasteiger partial charge in [-0.05, 0) is 32.9 Å². The summed E-state index contributed by atoms with van der Waals surface area (Å²) in [7, 11) is 0. The van der Waals surface area contributed by atoms with Crippen LogP contribution in [-0.2, 0) is 9.53 Å². The summed E-state index contributed by atoms with van der Waals surface area (Å²) >= 11 is 7.38. The van der Waals surface area contributed by atoms with Crippen LogP contribution in [0.15, 0.2) is 6.20 Å². The van der Waals surface area contributed by atoms with E-state index in [0.717, 1.165) is 18.1 Å². The third-order valence-corrected chi connectivity index (χ3v) is 4.24. The predicted octanol–water partition coefficient (Wildman–Crippen LogP) is 2.89. The zero-order valence-electron chi connectivity index (χ0n) is 10.4. The number of hydrogen-bond acceptors (Lipinski definition) is 5. The molecule has 1 unspecified atom stereocenters. The molecule has 1 saturated heterocycles. The third-order valence-electron chi connectivity index (χ3n) is 3.03. The van der Waals surface area contributed by atoms with Crippen LogP contribution < -0.4 is 0 Å². The molecule has 0 aromatic carbocycles. The Morgan fingerprint density at radius 3 is 2.89 bits per heavy atom. The van der Waals surface area contributed by atoms with Crippen molar-refractivity contribution in [3.8, 4) is 0 Å². The Morgan fingerprint density at radius 2 is 2.33 bits per heavy atom. The summed E-state index contributed by atoms with van der Waals surface area (Å²) < 4.78 is 5.70. The van der Waals surface area contributed by atoms with Gasteiger partial charge in [0.15, 0.2) is 0 Å². The second kappa shape index (κ2) is 6.50. The standard InChI is InChI=1S/C12H17ClN2O2S/c1-2-17-11(16)7-9(15-5-3-4-6-15)12-14-8-10(13)18-12/h8-9H,2-7H2,1H3. The van der Waals surface area contributed by atoms with Crippen molar-refractivity contribution < 1.29 is 9.53 Å². The van der Waals surface area contributed by atoms with Crippen LogP contribution in [0.3, 0.4) is 0 Å². The summed E-state index contributed by atoms with van der Waals surface area (Å²) in [5, 5.41) is 0.912. The highest BCUT2D eigenvalue weighted by molar-refractivity contribution is 7.15. The number of hydrogen-bond donors (Lipinski definition) is 0. The van der Waals surface area contributed by atoms with Gasteiger partial charge in [-0.2, -0.15) is 0 Å². The first-order valence-electron chi connectivity index (χ1n) is 6.21. The van der Waals surface area contributed by atoms with Gasteiger partial charge < -0.3 is 4.74 Å². The lowest BCUT2D eigenvalue weighted by atomic mass is 10.2. The van der Waals surface area contributed by atoms with Crippen molar-refractivity contribution in [2.75, 3.05) is 19.7 Å². The Bertz CT molecular complexity index is 405. The van der Waals surface area contributed by atoms with Crippen LogP contribution >= 0.6 is 22.9 Å². The minimum Gasteiger partial charge on any atom is -0.466 e. The minimum atomic E-state index is -0.166. The van der Waals surface area contributed by atoms with Crippen LogP contribution in [0.5, 0.6) is 0 Å². The molecule has 1 fully saturated rings. The molecule has 1 aliphatic rings. The molecule has 6 heteroatoms. The van der Waals surface area contributed by atoms with E-state index in [9.17, 15) is 4.79 Å². The zero-order valence-corrected chi connectivity index (χ0v) is 12.0. The van der Waals surface area contributed by atoms with Crippen molar-refractivity contribution in [3.63, 3.8) is 0 Å². The molecule has 0 amide bonds. The molecule has 0 spiro atoms. The van der Waals surface area contributed by atoms with Gasteiger partial charge in [0.05, 0.1) is 25.3 Å². The molecular weight excluding hydrogens is 272 g/mol. The molecule has 2 rings (SSSR count). The molecule has 100 valence electrons. The average Bonchev–Trinajstić information content (AvgIpc) is 2.97. The second-order valence-electron chi connectivity index (χ2n) is 4.27. The van der Waals surface area contributed by atoms with E-state index < -0.39 is 0 Å². The Kier molecular flexibility index (Phi) is 4.97. The summed E-state index contributed by atoms with van der Waals surface area (Å²) in [4.78, 5) is 18.3. The van der Waals surface area contributed by atoms with Gasteiger partial charge in [0.2, 0.25) is 0 Å². The lowest BCUT2D eigenvalue weighted by Crippen LogP contribution is -2.28. The molecule has 0 bridgehead atoms. The monoisotopic (exact) mass is 288 g/mol. The highest BCUT2D eigenvalue weighted by atomic mass is 35.5. The van der Waals surface area contributed by atoms with E-state index in [1.165, 1.54) is 24.2 Å². The Morgan fingerprint density at radius 1 is 1.61 bits per heavy atom. The second-order valence-corrected chi connectivity index (χ2v) is 5.96. The van der Waals surface area contributed by atoms with Crippen molar-refractivity contribution in [1.82, 2.24) is 9.88 Å². The fraction of sp³-hybridized carbons (Fsp3) is 0.667. The number of nitrogens with zero attached hydrogens (tertiary/aromatic N) is 2. The molecule has 1 aromatic heterocycles. The molecule has 18 heavy (non-hydrogen) atoms. The molecule has 4 nitrogen and oxygen atoms in total. The number of carbonyl (C=O) groups is 1. The van der Waals surface area contributed by atoms with E-state index in [-0.39, 0.29) is 12.0 Å². The van der Waals surface area contributed by atoms with Crippen molar-refractivity contribution in [2.24, 2.45) is 0 Å². The first-order valence-corrected chi connectivity index (χ1v) is 7.41. The van der Waals surface area contributed by atoms with Gasteiger partial charge >= 0.3 is 5.97 Å². The summed E-state index contributed by atoms with van der Waals surface area (Å²) in [6, 6.07) is 0.0176. The number of thiazole rings is 1. The molecule has 1 aromatic rings. The molecule has 0 N–H and O–H groups in total. The number of aromatic nitrogens is 1. The van der Waals surface area contributed by atoms with E-state index >= 15 is 0 Å². The van der Waals surface area contributed by atoms with Gasteiger partial charge in [-0.3, -0.25) is 9.69 Å². The molecule has 2 heterocycles. The van der Waals surface area contributed by atoms with Gasteiger partial charge in [0.1, 0.15) is 9.34 Å². The Balaban J connectivity index is 2.09. The van der Waals surface area contributed by atoms with E-state index in [4.69, 9.17) is 16.3 Å². The largest absolute Gasteiger partial charge is 0.466 e. The van der Waals surface area contributed by atoms with Crippen molar-refractivity contribution in [3.05, 3.63) is 15.5 Å². The maximum Gasteiger partial charge on any atom is 0.307 e. The molecule has 0 radical (unpaired) electrons. The van der Waals surface area contributed by atoms with Gasteiger partial charge in [-0.1, -0.05) is 11.6 Å². The quantitative estimate of drug-likeness (QED) is 0.782. The summed E-state index contributed by atoms with van der Waals surface area (Å²) in [5.74, 6) is -0.166. The van der Waals surface area contributed by atoms with Crippen molar-refractivity contribution in [2.45, 2.75) is 32.2 Å². The number of esters is 1. The lowest BCUT2D eigenvalue weighted by Gasteiger charge is -2.24. The van der Waals surface area contributed by atoms with Crippen LogP contribution in [-0.4, -0.2) is 35.5 Å². The van der Waals surface area contributed by atoms with E-state index in [1.54, 1.807) is 6.20 Å². The SMILES string of the molecule is CCOC(=O)CC(c1ncc(Cl)s1)N1CCCC1. The molecule has 0 saturated carbocycles. The molecular formula is C12H17ClN2O2S. The molecule has 1 aliphatic heterocycles. The minimum absolute atomic E-state index is 0.0176. The van der Waals surface area contributed by atoms with Crippen molar-refractivity contribution >= 4 is 28.9 Å². The maximum absolute atomic E-state index is 11.7. The number of carbonyl (C=O) groups excluding carboxylic acids is 1. The van der Waals surface area contributed by atoms with Gasteiger partial charge in [0.25, 0.3) is 0 Å². The highest BCUT2D eigenvalue weighted by Gasteiger charge is 2.28. The fourth-order valence-electron chi connectivity index (χ4n) is 2.22. The first kappa shape index (κ1) is 13.8. The number of likely N-dealkylation sites (tertiary alicyclic amines) is 1. The topological polar surface area (TPSA) is 42.4 Å². The van der Waals surface area contributed by atoms with Gasteiger partial charge in [-0.15, -0.1) is 11.3 Å². The third kappa shape index (κ3) is 3.43. The van der Waals surface area contributed by atoms with Crippen LogP contribution in [0.4, 0.5) is 0 Å². The molecule has 0 aliphatic carbocycles.